The van der Waals surface area contributed by atoms with Gasteiger partial charge in [-0.3, -0.25) is 4.79 Å². The van der Waals surface area contributed by atoms with Crippen molar-refractivity contribution in [2.45, 2.75) is 50.2 Å². The highest BCUT2D eigenvalue weighted by molar-refractivity contribution is 5.90. The number of hydrogen-bond acceptors (Lipinski definition) is 8. The zero-order chi connectivity index (χ0) is 22.3. The van der Waals surface area contributed by atoms with Crippen molar-refractivity contribution in [3.05, 3.63) is 34.2 Å². The van der Waals surface area contributed by atoms with Gasteiger partial charge < -0.3 is 35.2 Å². The van der Waals surface area contributed by atoms with Crippen LogP contribution in [0.15, 0.2) is 23.3 Å². The van der Waals surface area contributed by atoms with Crippen molar-refractivity contribution < 1.29 is 43.9 Å². The van der Waals surface area contributed by atoms with Gasteiger partial charge >= 0.3 is 5.97 Å². The summed E-state index contributed by atoms with van der Waals surface area (Å²) in [6.07, 6.45) is -8.65. The molecule has 1 aromatic carbocycles. The summed E-state index contributed by atoms with van der Waals surface area (Å²) in [5, 5.41) is 44.4. The number of ether oxygens (including phenoxy) is 2. The Balaban J connectivity index is 2.08. The lowest BCUT2D eigenvalue weighted by molar-refractivity contribution is -0.271. The summed E-state index contributed by atoms with van der Waals surface area (Å²) < 4.78 is 23.8. The van der Waals surface area contributed by atoms with Gasteiger partial charge in [0.2, 0.25) is 12.2 Å². The molecule has 0 radical (unpaired) electrons. The summed E-state index contributed by atoms with van der Waals surface area (Å²) in [4.78, 5) is 25.6. The van der Waals surface area contributed by atoms with Gasteiger partial charge in [0.1, 0.15) is 30.7 Å². The minimum absolute atomic E-state index is 0.0369. The number of hydrogen-bond donors (Lipinski definition) is 5. The van der Waals surface area contributed by atoms with Gasteiger partial charge in [0.25, 0.3) is 0 Å². The van der Waals surface area contributed by atoms with Crippen LogP contribution in [0.2, 0.25) is 0 Å². The van der Waals surface area contributed by atoms with Gasteiger partial charge in [-0.1, -0.05) is 5.11 Å². The largest absolute Gasteiger partial charge is 0.479 e. The number of aliphatic hydroxyl groups excluding tert-OH is 3. The van der Waals surface area contributed by atoms with Crippen LogP contribution >= 0.6 is 0 Å². The van der Waals surface area contributed by atoms with Crippen LogP contribution in [0.1, 0.15) is 18.4 Å². The van der Waals surface area contributed by atoms with Crippen molar-refractivity contribution in [2.24, 2.45) is 5.11 Å². The number of carbonyl (C=O) groups excluding carboxylic acids is 1. The highest BCUT2D eigenvalue weighted by Gasteiger charge is 2.48. The zero-order valence-corrected chi connectivity index (χ0v) is 15.6. The van der Waals surface area contributed by atoms with Crippen LogP contribution < -0.4 is 10.1 Å². The van der Waals surface area contributed by atoms with Crippen molar-refractivity contribution in [1.29, 1.82) is 0 Å². The number of aliphatic carboxylic acids is 1. The third-order valence-electron chi connectivity index (χ3n) is 4.27. The van der Waals surface area contributed by atoms with Crippen molar-refractivity contribution in [3.63, 3.8) is 0 Å². The van der Waals surface area contributed by atoms with Crippen LogP contribution in [0, 0.1) is 0 Å². The summed E-state index contributed by atoms with van der Waals surface area (Å²) in [6.45, 7) is -0.861. The molecular weight excluding hydrogens is 407 g/mol. The summed E-state index contributed by atoms with van der Waals surface area (Å²) >= 11 is 0. The second-order valence-corrected chi connectivity index (χ2v) is 6.42. The van der Waals surface area contributed by atoms with Crippen LogP contribution in [0.3, 0.4) is 0 Å². The smallest absolute Gasteiger partial charge is 0.335 e. The molecule has 12 nitrogen and oxygen atoms in total. The molecule has 1 aliphatic heterocycles. The van der Waals surface area contributed by atoms with Gasteiger partial charge in [0.05, 0.1) is 0 Å². The predicted molar refractivity (Wildman–Crippen MR) is 98.1 cm³/mol. The van der Waals surface area contributed by atoms with Crippen LogP contribution in [0.4, 0.5) is 10.1 Å². The molecule has 5 atom stereocenters. The van der Waals surface area contributed by atoms with E-state index in [1.54, 1.807) is 0 Å². The van der Waals surface area contributed by atoms with Gasteiger partial charge in [-0.25, -0.2) is 9.18 Å². The fourth-order valence-corrected chi connectivity index (χ4v) is 2.73. The minimum Gasteiger partial charge on any atom is -0.479 e. The Labute approximate surface area is 169 Å². The number of alkyl halides is 1. The Morgan fingerprint density at radius 1 is 1.27 bits per heavy atom. The molecule has 1 saturated heterocycles. The zero-order valence-electron chi connectivity index (χ0n) is 15.6. The molecule has 13 heteroatoms. The van der Waals surface area contributed by atoms with E-state index in [9.17, 15) is 29.3 Å². The van der Waals surface area contributed by atoms with E-state index in [-0.39, 0.29) is 35.9 Å². The van der Waals surface area contributed by atoms with Gasteiger partial charge in [-0.2, -0.15) is 0 Å². The number of carboxylic acid groups (broad SMARTS) is 1. The molecule has 0 aromatic heterocycles. The predicted octanol–water partition coefficient (Wildman–Crippen LogP) is 0.456. The third-order valence-corrected chi connectivity index (χ3v) is 4.27. The average Bonchev–Trinajstić information content (AvgIpc) is 2.72. The lowest BCUT2D eigenvalue weighted by Crippen LogP contribution is -2.61. The molecule has 164 valence electrons. The van der Waals surface area contributed by atoms with E-state index in [0.717, 1.165) is 0 Å². The number of benzene rings is 1. The summed E-state index contributed by atoms with van der Waals surface area (Å²) in [5.74, 6) is -2.07. The monoisotopic (exact) mass is 428 g/mol. The van der Waals surface area contributed by atoms with Crippen molar-refractivity contribution in [2.75, 3.05) is 11.9 Å². The number of carboxylic acids is 1. The third kappa shape index (κ3) is 5.78. The Kier molecular flexibility index (Phi) is 8.33. The number of anilines is 1. The molecular formula is C17H21FN4O8. The highest BCUT2D eigenvalue weighted by Crippen LogP contribution is 2.29. The van der Waals surface area contributed by atoms with Gasteiger partial charge in [-0.15, -0.1) is 0 Å². The Morgan fingerprint density at radius 2 is 2.00 bits per heavy atom. The average molecular weight is 428 g/mol. The summed E-state index contributed by atoms with van der Waals surface area (Å²) in [6, 6.07) is 3.93. The molecule has 1 amide bonds. The first-order valence-electron chi connectivity index (χ1n) is 8.87. The quantitative estimate of drug-likeness (QED) is 0.162. The van der Waals surface area contributed by atoms with E-state index in [1.807, 2.05) is 0 Å². The first-order valence-corrected chi connectivity index (χ1v) is 8.87. The molecule has 5 unspecified atom stereocenters. The van der Waals surface area contributed by atoms with Crippen LogP contribution in [-0.4, -0.2) is 69.6 Å². The minimum atomic E-state index is -1.88. The first kappa shape index (κ1) is 23.3. The molecule has 30 heavy (non-hydrogen) atoms. The van der Waals surface area contributed by atoms with Gasteiger partial charge in [0.15, 0.2) is 6.10 Å². The maximum absolute atomic E-state index is 13.5. The maximum atomic E-state index is 13.5. The standard InChI is InChI=1S/C17H21FN4O8/c18-7-8-6-9(21-11(23)2-1-5-20-22-19)3-4-10(8)29-17-14(26)12(24)13(25)15(30-17)16(27)28/h3-4,6,12-15,17,24-26H,1-2,5,7H2,(H,21,23)(H,27,28). The van der Waals surface area contributed by atoms with Gasteiger partial charge in [0, 0.05) is 29.1 Å². The van der Waals surface area contributed by atoms with Crippen LogP contribution in [0.25, 0.3) is 10.4 Å². The lowest BCUT2D eigenvalue weighted by Gasteiger charge is -2.38. The number of rotatable bonds is 9. The number of aliphatic hydroxyl groups is 3. The Bertz CT molecular complexity index is 819. The van der Waals surface area contributed by atoms with Crippen molar-refractivity contribution in [3.8, 4) is 5.75 Å². The van der Waals surface area contributed by atoms with Gasteiger partial charge in [-0.05, 0) is 30.2 Å². The number of halogens is 1. The second-order valence-electron chi connectivity index (χ2n) is 6.42. The summed E-state index contributed by atoms with van der Waals surface area (Å²) in [5.41, 5.74) is 8.40. The molecule has 5 N–H and O–H groups in total. The first-order chi connectivity index (χ1) is 14.3. The SMILES string of the molecule is [N-]=[N+]=NCCCC(=O)Nc1ccc(OC2OC(C(=O)O)C(O)C(O)C2O)c(CF)c1. The molecule has 2 rings (SSSR count). The highest BCUT2D eigenvalue weighted by atomic mass is 19.1. The molecule has 1 aliphatic rings. The Morgan fingerprint density at radius 3 is 2.63 bits per heavy atom. The number of amides is 1. The van der Waals surface area contributed by atoms with E-state index < -0.39 is 43.3 Å². The van der Waals surface area contributed by atoms with Crippen LogP contribution in [-0.2, 0) is 21.0 Å². The molecule has 1 fully saturated rings. The van der Waals surface area contributed by atoms with E-state index in [2.05, 4.69) is 15.3 Å². The summed E-state index contributed by atoms with van der Waals surface area (Å²) in [7, 11) is 0. The Hall–Kier alpha value is -2.96. The van der Waals surface area contributed by atoms with E-state index in [4.69, 9.17) is 20.1 Å². The number of carbonyl (C=O) groups is 2. The molecule has 0 spiro atoms. The maximum Gasteiger partial charge on any atom is 0.335 e. The molecule has 1 heterocycles. The second kappa shape index (κ2) is 10.7. The fourth-order valence-electron chi connectivity index (χ4n) is 2.73. The number of nitrogens with one attached hydrogen (secondary N) is 1. The molecule has 0 aliphatic carbocycles. The van der Waals surface area contributed by atoms with Crippen LogP contribution in [0.5, 0.6) is 5.75 Å². The topological polar surface area (TPSA) is 194 Å². The van der Waals surface area contributed by atoms with Crippen molar-refractivity contribution >= 4 is 17.6 Å². The fraction of sp³-hybridized carbons (Fsp3) is 0.529. The van der Waals surface area contributed by atoms with Crippen molar-refractivity contribution in [1.82, 2.24) is 0 Å². The van der Waals surface area contributed by atoms with E-state index >= 15 is 0 Å². The number of azide groups is 1. The number of nitrogens with zero attached hydrogens (tertiary/aromatic N) is 3. The molecule has 1 aromatic rings. The van der Waals surface area contributed by atoms with E-state index in [0.29, 0.717) is 6.42 Å². The van der Waals surface area contributed by atoms with E-state index in [1.165, 1.54) is 18.2 Å². The lowest BCUT2D eigenvalue weighted by atomic mass is 9.99. The molecule has 0 saturated carbocycles. The normalized spacial score (nSPS) is 25.8. The molecule has 0 bridgehead atoms.